The van der Waals surface area contributed by atoms with Gasteiger partial charge in [-0.2, -0.15) is 24.3 Å². The van der Waals surface area contributed by atoms with Crippen LogP contribution >= 0.6 is 0 Å². The molecule has 0 bridgehead atoms. The maximum Gasteiger partial charge on any atom is 0.322 e. The fourth-order valence-electron chi connectivity index (χ4n) is 3.51. The highest BCUT2D eigenvalue weighted by Crippen LogP contribution is 2.22. The number of anilines is 2. The van der Waals surface area contributed by atoms with E-state index in [-0.39, 0.29) is 28.5 Å². The second-order valence-corrected chi connectivity index (χ2v) is 7.25. The van der Waals surface area contributed by atoms with Crippen molar-refractivity contribution in [3.63, 3.8) is 0 Å². The van der Waals surface area contributed by atoms with Crippen molar-refractivity contribution >= 4 is 39.4 Å². The van der Waals surface area contributed by atoms with Gasteiger partial charge < -0.3 is 5.32 Å². The summed E-state index contributed by atoms with van der Waals surface area (Å²) < 4.78 is 2.97. The van der Waals surface area contributed by atoms with Crippen molar-refractivity contribution in [3.05, 3.63) is 77.7 Å². The lowest BCUT2D eigenvalue weighted by Crippen LogP contribution is -2.13. The van der Waals surface area contributed by atoms with Crippen LogP contribution in [0.25, 0.3) is 34.0 Å². The zero-order chi connectivity index (χ0) is 23.8. The Balaban J connectivity index is 1.50. The van der Waals surface area contributed by atoms with E-state index in [1.54, 1.807) is 12.1 Å². The first kappa shape index (κ1) is 20.3. The van der Waals surface area contributed by atoms with Crippen LogP contribution in [0.15, 0.2) is 72.8 Å². The summed E-state index contributed by atoms with van der Waals surface area (Å²) in [6.45, 7) is 0. The monoisotopic (exact) mass is 468 g/mol. The van der Waals surface area contributed by atoms with Gasteiger partial charge in [-0.3, -0.25) is 0 Å². The van der Waals surface area contributed by atoms with Gasteiger partial charge in [0.25, 0.3) is 16.8 Å². The molecule has 14 heteroatoms. The largest absolute Gasteiger partial charge is 0.324 e. The Hall–Kier alpha value is -5.37. The first-order valence-electron chi connectivity index (χ1n) is 10.2. The standard InChI is InChI=1S/C21H13N11O3/c33-32(35-34)14-7-5-6-13(12-14)22-19-23-20(30-17-10-3-1-8-15(17)26-28-30)25-21(24-19)31-18-11-4-2-9-16(18)27-29-31/h1-12H,(H-,22,23,24,25,34)/p+1. The first-order valence-corrected chi connectivity index (χ1v) is 10.2. The van der Waals surface area contributed by atoms with Crippen LogP contribution in [0.2, 0.25) is 0 Å². The first-order chi connectivity index (χ1) is 17.2. The molecule has 0 radical (unpaired) electrons. The predicted octanol–water partition coefficient (Wildman–Crippen LogP) is 2.90. The number of nitrogens with zero attached hydrogens (tertiary/aromatic N) is 10. The predicted molar refractivity (Wildman–Crippen MR) is 121 cm³/mol. The number of benzene rings is 3. The fraction of sp³-hybridized carbons (Fsp3) is 0. The van der Waals surface area contributed by atoms with Crippen LogP contribution < -0.4 is 5.32 Å². The lowest BCUT2D eigenvalue weighted by molar-refractivity contribution is -0.835. The SMILES string of the molecule is O=[N+](OO)c1cccc(Nc2nc(-n3nnc4ccccc43)nc(-n3nnc4ccccc43)n2)c1. The van der Waals surface area contributed by atoms with Gasteiger partial charge in [0, 0.05) is 17.8 Å². The minimum Gasteiger partial charge on any atom is -0.324 e. The zero-order valence-corrected chi connectivity index (χ0v) is 17.7. The molecule has 6 aromatic rings. The molecule has 0 spiro atoms. The molecular weight excluding hydrogens is 454 g/mol. The molecule has 0 fully saturated rings. The molecule has 6 rings (SSSR count). The average molecular weight is 468 g/mol. The van der Waals surface area contributed by atoms with Crippen molar-refractivity contribution in [2.45, 2.75) is 0 Å². The van der Waals surface area contributed by atoms with Crippen LogP contribution in [-0.4, -0.2) is 55.1 Å². The smallest absolute Gasteiger partial charge is 0.322 e. The summed E-state index contributed by atoms with van der Waals surface area (Å²) in [7, 11) is 0. The van der Waals surface area contributed by atoms with Crippen LogP contribution in [0.3, 0.4) is 0 Å². The molecule has 0 unspecified atom stereocenters. The van der Waals surface area contributed by atoms with Gasteiger partial charge in [0.2, 0.25) is 5.95 Å². The van der Waals surface area contributed by atoms with Crippen LogP contribution in [-0.2, 0) is 4.99 Å². The van der Waals surface area contributed by atoms with Crippen molar-refractivity contribution < 1.29 is 15.2 Å². The molecule has 0 amide bonds. The van der Waals surface area contributed by atoms with E-state index < -0.39 is 0 Å². The lowest BCUT2D eigenvalue weighted by atomic mass is 10.3. The normalized spacial score (nSPS) is 11.1. The molecule has 0 aliphatic heterocycles. The fourth-order valence-corrected chi connectivity index (χ4v) is 3.51. The Labute approximate surface area is 194 Å². The Morgan fingerprint density at radius 1 is 0.771 bits per heavy atom. The Kier molecular flexibility index (Phi) is 4.74. The van der Waals surface area contributed by atoms with E-state index in [4.69, 9.17) is 5.26 Å². The zero-order valence-electron chi connectivity index (χ0n) is 17.7. The van der Waals surface area contributed by atoms with Gasteiger partial charge in [-0.05, 0) is 35.3 Å². The molecule has 0 saturated heterocycles. The molecule has 170 valence electrons. The van der Waals surface area contributed by atoms with Gasteiger partial charge in [-0.15, -0.1) is 15.5 Å². The molecule has 0 aliphatic rings. The quantitative estimate of drug-likeness (QED) is 0.273. The van der Waals surface area contributed by atoms with Crippen LogP contribution in [0.4, 0.5) is 17.3 Å². The lowest BCUT2D eigenvalue weighted by Gasteiger charge is -2.09. The van der Waals surface area contributed by atoms with E-state index in [1.165, 1.54) is 21.5 Å². The molecule has 3 aromatic carbocycles. The molecule has 3 heterocycles. The van der Waals surface area contributed by atoms with E-state index in [0.29, 0.717) is 27.8 Å². The topological polar surface area (TPSA) is 162 Å². The average Bonchev–Trinajstić information content (AvgIpc) is 3.53. The van der Waals surface area contributed by atoms with Crippen molar-refractivity contribution in [3.8, 4) is 11.9 Å². The minimum absolute atomic E-state index is 0.0431. The van der Waals surface area contributed by atoms with Crippen LogP contribution in [0.1, 0.15) is 0 Å². The summed E-state index contributed by atoms with van der Waals surface area (Å²) in [5.74, 6) is 0.515. The Bertz CT molecular complexity index is 1620. The molecule has 14 nitrogen and oxygen atoms in total. The number of para-hydroxylation sites is 2. The molecule has 0 saturated carbocycles. The third-order valence-corrected chi connectivity index (χ3v) is 5.08. The second-order valence-electron chi connectivity index (χ2n) is 7.25. The highest BCUT2D eigenvalue weighted by molar-refractivity contribution is 5.76. The molecule has 35 heavy (non-hydrogen) atoms. The summed E-state index contributed by atoms with van der Waals surface area (Å²) in [6, 6.07) is 21.0. The number of fused-ring (bicyclic) bond motifs is 2. The van der Waals surface area contributed by atoms with Gasteiger partial charge >= 0.3 is 5.69 Å². The summed E-state index contributed by atoms with van der Waals surface area (Å²) >= 11 is 0. The Morgan fingerprint density at radius 2 is 1.37 bits per heavy atom. The highest BCUT2D eigenvalue weighted by Gasteiger charge is 2.19. The van der Waals surface area contributed by atoms with Crippen molar-refractivity contribution in [1.82, 2.24) is 44.9 Å². The highest BCUT2D eigenvalue weighted by atomic mass is 17.2. The van der Waals surface area contributed by atoms with Gasteiger partial charge in [0.15, 0.2) is 0 Å². The van der Waals surface area contributed by atoms with Gasteiger partial charge in [0.1, 0.15) is 11.0 Å². The summed E-state index contributed by atoms with van der Waals surface area (Å²) in [5, 5.41) is 28.4. The molecule has 3 aromatic heterocycles. The van der Waals surface area contributed by atoms with E-state index >= 15 is 0 Å². The number of hydrogen-bond donors (Lipinski definition) is 2. The van der Waals surface area contributed by atoms with E-state index in [9.17, 15) is 4.91 Å². The molecular formula is C21H14N11O3+. The number of aromatic nitrogens is 9. The van der Waals surface area contributed by atoms with E-state index in [1.807, 2.05) is 48.5 Å². The number of nitrogens with one attached hydrogen (secondary N) is 1. The van der Waals surface area contributed by atoms with Gasteiger partial charge in [0.05, 0.1) is 15.9 Å². The maximum absolute atomic E-state index is 11.6. The number of rotatable bonds is 6. The van der Waals surface area contributed by atoms with Crippen LogP contribution in [0, 0.1) is 4.91 Å². The minimum atomic E-state index is -0.0431. The summed E-state index contributed by atoms with van der Waals surface area (Å²) in [4.78, 5) is 28.9. The van der Waals surface area contributed by atoms with Crippen molar-refractivity contribution in [2.24, 2.45) is 0 Å². The summed E-state index contributed by atoms with van der Waals surface area (Å²) in [6.07, 6.45) is 0. The molecule has 2 N–H and O–H groups in total. The number of hydrogen-bond acceptors (Lipinski definition) is 11. The third kappa shape index (κ3) is 3.65. The van der Waals surface area contributed by atoms with Crippen molar-refractivity contribution in [1.29, 1.82) is 0 Å². The maximum atomic E-state index is 11.6. The second kappa shape index (κ2) is 8.20. The molecule has 0 aliphatic carbocycles. The van der Waals surface area contributed by atoms with E-state index in [0.717, 1.165) is 0 Å². The third-order valence-electron chi connectivity index (χ3n) is 5.08. The van der Waals surface area contributed by atoms with Crippen molar-refractivity contribution in [2.75, 3.05) is 5.32 Å². The van der Waals surface area contributed by atoms with E-state index in [2.05, 4.69) is 45.9 Å². The van der Waals surface area contributed by atoms with Crippen LogP contribution in [0.5, 0.6) is 0 Å². The Morgan fingerprint density at radius 3 is 1.97 bits per heavy atom. The van der Waals surface area contributed by atoms with Gasteiger partial charge in [-0.25, -0.2) is 0 Å². The molecule has 0 atom stereocenters. The van der Waals surface area contributed by atoms with Gasteiger partial charge in [-0.1, -0.05) is 40.8 Å². The summed E-state index contributed by atoms with van der Waals surface area (Å²) in [5.41, 5.74) is 3.24.